The number of aryl methyl sites for hydroxylation is 2. The third-order valence-corrected chi connectivity index (χ3v) is 8.49. The van der Waals surface area contributed by atoms with Gasteiger partial charge in [-0.2, -0.15) is 0 Å². The second kappa shape index (κ2) is 12.3. The standard InChI is InChI=1S/C34H42O6S2/c1-17-13-27(33(5,6)7)29(35)19(3)23(17)15-25-21(31(37)39-41)11-12-22(32(38)40-42)26(25)16-24-18(2)14-28(34(8,9)10)30(36)20(24)4/h11-14,35-36,41-42H,15-16H2,1-10H3. The molecule has 0 spiro atoms. The number of thiol groups is 2. The molecule has 6 nitrogen and oxygen atoms in total. The molecule has 0 radical (unpaired) electrons. The van der Waals surface area contributed by atoms with Crippen molar-refractivity contribution in [3.05, 3.63) is 91.0 Å². The number of aromatic hydroxyl groups is 2. The van der Waals surface area contributed by atoms with Crippen LogP contribution < -0.4 is 0 Å². The van der Waals surface area contributed by atoms with Crippen molar-refractivity contribution in [3.8, 4) is 11.5 Å². The fourth-order valence-electron chi connectivity index (χ4n) is 5.64. The zero-order valence-corrected chi connectivity index (χ0v) is 27.9. The lowest BCUT2D eigenvalue weighted by Gasteiger charge is -2.26. The van der Waals surface area contributed by atoms with Crippen LogP contribution in [0.3, 0.4) is 0 Å². The maximum atomic E-state index is 13.0. The number of hydrogen-bond acceptors (Lipinski definition) is 8. The molecule has 0 saturated carbocycles. The summed E-state index contributed by atoms with van der Waals surface area (Å²) in [6.45, 7) is 19.9. The number of carbonyl (C=O) groups excluding carboxylic acids is 2. The molecule has 3 rings (SSSR count). The minimum atomic E-state index is -0.675. The van der Waals surface area contributed by atoms with Gasteiger partial charge in [-0.25, -0.2) is 9.59 Å². The predicted octanol–water partition coefficient (Wildman–Crippen LogP) is 8.11. The molecule has 3 aromatic carbocycles. The highest BCUT2D eigenvalue weighted by Gasteiger charge is 2.28. The first-order valence-electron chi connectivity index (χ1n) is 13.9. The Labute approximate surface area is 260 Å². The summed E-state index contributed by atoms with van der Waals surface area (Å²) in [4.78, 5) is 26.1. The van der Waals surface area contributed by atoms with Gasteiger partial charge in [0.05, 0.1) is 11.1 Å². The molecule has 226 valence electrons. The number of hydrogen-bond donors (Lipinski definition) is 4. The molecule has 0 fully saturated rings. The van der Waals surface area contributed by atoms with E-state index in [0.29, 0.717) is 22.3 Å². The summed E-state index contributed by atoms with van der Waals surface area (Å²) >= 11 is 7.56. The summed E-state index contributed by atoms with van der Waals surface area (Å²) in [6, 6.07) is 6.98. The molecule has 0 saturated heterocycles. The summed E-state index contributed by atoms with van der Waals surface area (Å²) in [5.74, 6) is -0.956. The van der Waals surface area contributed by atoms with Crippen molar-refractivity contribution < 1.29 is 28.2 Å². The summed E-state index contributed by atoms with van der Waals surface area (Å²) in [5, 5.41) is 22.4. The van der Waals surface area contributed by atoms with E-state index < -0.39 is 11.9 Å². The highest BCUT2D eigenvalue weighted by Crippen LogP contribution is 2.40. The van der Waals surface area contributed by atoms with Gasteiger partial charge in [0.25, 0.3) is 0 Å². The fraction of sp³-hybridized carbons (Fsp3) is 0.412. The van der Waals surface area contributed by atoms with Gasteiger partial charge >= 0.3 is 11.9 Å². The van der Waals surface area contributed by atoms with Crippen LogP contribution in [0.25, 0.3) is 0 Å². The van der Waals surface area contributed by atoms with Gasteiger partial charge in [-0.05, 0) is 119 Å². The van der Waals surface area contributed by atoms with Crippen molar-refractivity contribution in [1.82, 2.24) is 0 Å². The first-order chi connectivity index (χ1) is 19.3. The summed E-state index contributed by atoms with van der Waals surface area (Å²) in [7, 11) is 0. The van der Waals surface area contributed by atoms with E-state index in [4.69, 9.17) is 8.37 Å². The maximum Gasteiger partial charge on any atom is 0.350 e. The lowest BCUT2D eigenvalue weighted by molar-refractivity contribution is 0.0756. The van der Waals surface area contributed by atoms with Gasteiger partial charge < -0.3 is 18.6 Å². The molecule has 3 aromatic rings. The van der Waals surface area contributed by atoms with E-state index in [1.54, 1.807) is 0 Å². The third-order valence-electron chi connectivity index (χ3n) is 8.16. The molecule has 0 aromatic heterocycles. The molecule has 0 aliphatic rings. The Morgan fingerprint density at radius 1 is 0.643 bits per heavy atom. The highest BCUT2D eigenvalue weighted by atomic mass is 32.1. The van der Waals surface area contributed by atoms with Crippen LogP contribution >= 0.6 is 25.8 Å². The van der Waals surface area contributed by atoms with Gasteiger partial charge in [-0.15, -0.1) is 0 Å². The van der Waals surface area contributed by atoms with E-state index in [0.717, 1.165) is 33.4 Å². The molecule has 8 heteroatoms. The van der Waals surface area contributed by atoms with Crippen molar-refractivity contribution >= 4 is 37.8 Å². The lowest BCUT2D eigenvalue weighted by atomic mass is 9.79. The number of phenolic OH excluding ortho intramolecular Hbond substituents is 2. The first-order valence-corrected chi connectivity index (χ1v) is 14.6. The van der Waals surface area contributed by atoms with Crippen molar-refractivity contribution in [2.45, 2.75) is 92.9 Å². The van der Waals surface area contributed by atoms with Crippen molar-refractivity contribution in [2.24, 2.45) is 0 Å². The van der Waals surface area contributed by atoms with E-state index in [-0.39, 0.29) is 46.3 Å². The Kier molecular flexibility index (Phi) is 9.74. The van der Waals surface area contributed by atoms with Crippen LogP contribution in [-0.2, 0) is 32.0 Å². The van der Waals surface area contributed by atoms with Gasteiger partial charge in [-0.1, -0.05) is 53.7 Å². The van der Waals surface area contributed by atoms with Gasteiger partial charge in [0.15, 0.2) is 0 Å². The molecule has 0 atom stereocenters. The van der Waals surface area contributed by atoms with Crippen LogP contribution in [0.15, 0.2) is 24.3 Å². The molecule has 0 amide bonds. The zero-order valence-electron chi connectivity index (χ0n) is 26.1. The first kappa shape index (κ1) is 33.4. The summed E-state index contributed by atoms with van der Waals surface area (Å²) in [5.41, 5.74) is 7.55. The number of phenols is 2. The number of carbonyl (C=O) groups is 2. The van der Waals surface area contributed by atoms with E-state index in [2.05, 4.69) is 25.8 Å². The van der Waals surface area contributed by atoms with Crippen LogP contribution in [0.4, 0.5) is 0 Å². The normalized spacial score (nSPS) is 11.9. The zero-order chi connectivity index (χ0) is 31.9. The van der Waals surface area contributed by atoms with Crippen LogP contribution in [0.5, 0.6) is 11.5 Å². The Balaban J connectivity index is 2.39. The van der Waals surface area contributed by atoms with Crippen LogP contribution in [0, 0.1) is 27.7 Å². The fourth-order valence-corrected chi connectivity index (χ4v) is 5.84. The smallest absolute Gasteiger partial charge is 0.350 e. The SMILES string of the molecule is Cc1cc(C(C)(C)C)c(O)c(C)c1Cc1c(C(=O)OS)ccc(C(=O)OS)c1Cc1c(C)cc(C(C)(C)C)c(O)c1C. The van der Waals surface area contributed by atoms with Crippen molar-refractivity contribution in [3.63, 3.8) is 0 Å². The van der Waals surface area contributed by atoms with Gasteiger partial charge in [-0.3, -0.25) is 0 Å². The molecule has 0 aliphatic heterocycles. The number of benzene rings is 3. The van der Waals surface area contributed by atoms with E-state index in [1.807, 2.05) is 81.4 Å². The quantitative estimate of drug-likeness (QED) is 0.166. The van der Waals surface area contributed by atoms with Crippen molar-refractivity contribution in [1.29, 1.82) is 0 Å². The van der Waals surface area contributed by atoms with Gasteiger partial charge in [0, 0.05) is 25.8 Å². The minimum Gasteiger partial charge on any atom is -0.507 e. The summed E-state index contributed by atoms with van der Waals surface area (Å²) in [6.07, 6.45) is 0.447. The minimum absolute atomic E-state index is 0.197. The van der Waals surface area contributed by atoms with Crippen LogP contribution in [0.2, 0.25) is 0 Å². The lowest BCUT2D eigenvalue weighted by Crippen LogP contribution is -2.17. The topological polar surface area (TPSA) is 93.1 Å². The monoisotopic (exact) mass is 610 g/mol. The van der Waals surface area contributed by atoms with Crippen molar-refractivity contribution in [2.75, 3.05) is 0 Å². The molecule has 0 aliphatic carbocycles. The average molecular weight is 611 g/mol. The Bertz CT molecular complexity index is 1440. The third kappa shape index (κ3) is 6.45. The molecule has 2 N–H and O–H groups in total. The van der Waals surface area contributed by atoms with Gasteiger partial charge in [0.2, 0.25) is 0 Å². The summed E-state index contributed by atoms with van der Waals surface area (Å²) < 4.78 is 9.70. The van der Waals surface area contributed by atoms with Crippen LogP contribution in [0.1, 0.15) is 118 Å². The Morgan fingerprint density at radius 3 is 1.21 bits per heavy atom. The Hall–Kier alpha value is -3.10. The molecule has 42 heavy (non-hydrogen) atoms. The largest absolute Gasteiger partial charge is 0.507 e. The van der Waals surface area contributed by atoms with Crippen LogP contribution in [-0.4, -0.2) is 22.2 Å². The highest BCUT2D eigenvalue weighted by molar-refractivity contribution is 7.75. The number of rotatable bonds is 6. The predicted molar refractivity (Wildman–Crippen MR) is 173 cm³/mol. The molecule has 0 bridgehead atoms. The van der Waals surface area contributed by atoms with E-state index in [1.165, 1.54) is 12.1 Å². The van der Waals surface area contributed by atoms with Gasteiger partial charge in [0.1, 0.15) is 11.5 Å². The molecular weight excluding hydrogens is 569 g/mol. The second-order valence-electron chi connectivity index (χ2n) is 13.1. The van der Waals surface area contributed by atoms with E-state index in [9.17, 15) is 19.8 Å². The average Bonchev–Trinajstić information content (AvgIpc) is 2.90. The second-order valence-corrected chi connectivity index (χ2v) is 13.5. The molecule has 0 unspecified atom stereocenters. The molecular formula is C34H42O6S2. The molecule has 0 heterocycles. The Morgan fingerprint density at radius 2 is 0.952 bits per heavy atom. The van der Waals surface area contributed by atoms with E-state index >= 15 is 0 Å². The maximum absolute atomic E-state index is 13.0.